The van der Waals surface area contributed by atoms with Crippen LogP contribution in [-0.4, -0.2) is 26.6 Å². The lowest BCUT2D eigenvalue weighted by atomic mass is 10.1. The second-order valence-corrected chi connectivity index (χ2v) is 5.93. The summed E-state index contributed by atoms with van der Waals surface area (Å²) in [6.07, 6.45) is 3.59. The molecular formula is C15H16F2N4O2S. The Kier molecular flexibility index (Phi) is 6.42. The van der Waals surface area contributed by atoms with Gasteiger partial charge in [0.15, 0.2) is 5.16 Å². The number of nitrogens with zero attached hydrogens (tertiary/aromatic N) is 2. The number of thioether (sulfide) groups is 1. The molecule has 0 saturated heterocycles. The minimum atomic E-state index is -2.66. The molecule has 0 aliphatic heterocycles. The van der Waals surface area contributed by atoms with Crippen molar-refractivity contribution in [3.63, 3.8) is 0 Å². The first-order chi connectivity index (χ1) is 11.5. The van der Waals surface area contributed by atoms with Gasteiger partial charge in [-0.2, -0.15) is 8.78 Å². The van der Waals surface area contributed by atoms with Crippen LogP contribution in [0.1, 0.15) is 23.2 Å². The molecule has 0 radical (unpaired) electrons. The van der Waals surface area contributed by atoms with Gasteiger partial charge in [-0.25, -0.2) is 4.98 Å². The summed E-state index contributed by atoms with van der Waals surface area (Å²) in [5, 5.41) is 2.60. The standard InChI is InChI=1S/C15H16F2N4O2S/c1-9-11(13(23)21-15(20-9)24-14(16)17)4-5-12(22)19-8-10-3-2-6-18-7-10/h2-3,6-7,14H,4-5,8H2,1H3,(H,19,22)(H,20,21,23). The van der Waals surface area contributed by atoms with Gasteiger partial charge in [0, 0.05) is 36.6 Å². The van der Waals surface area contributed by atoms with Gasteiger partial charge in [-0.3, -0.25) is 14.6 Å². The summed E-state index contributed by atoms with van der Waals surface area (Å²) < 4.78 is 24.6. The number of aromatic amines is 1. The van der Waals surface area contributed by atoms with Crippen molar-refractivity contribution in [1.29, 1.82) is 0 Å². The van der Waals surface area contributed by atoms with E-state index in [0.717, 1.165) is 5.56 Å². The van der Waals surface area contributed by atoms with Crippen molar-refractivity contribution in [3.8, 4) is 0 Å². The quantitative estimate of drug-likeness (QED) is 0.587. The number of hydrogen-bond donors (Lipinski definition) is 2. The molecule has 6 nitrogen and oxygen atoms in total. The number of aryl methyl sites for hydroxylation is 1. The lowest BCUT2D eigenvalue weighted by molar-refractivity contribution is -0.121. The zero-order chi connectivity index (χ0) is 17.5. The third kappa shape index (κ3) is 5.41. The Morgan fingerprint density at radius 3 is 2.88 bits per heavy atom. The molecule has 0 saturated carbocycles. The Morgan fingerprint density at radius 1 is 1.46 bits per heavy atom. The van der Waals surface area contributed by atoms with E-state index in [0.29, 0.717) is 17.8 Å². The van der Waals surface area contributed by atoms with E-state index in [1.54, 1.807) is 25.4 Å². The SMILES string of the molecule is Cc1nc(SC(F)F)[nH]c(=O)c1CCC(=O)NCc1cccnc1. The molecular weight excluding hydrogens is 338 g/mol. The van der Waals surface area contributed by atoms with E-state index >= 15 is 0 Å². The highest BCUT2D eigenvalue weighted by Crippen LogP contribution is 2.21. The van der Waals surface area contributed by atoms with Gasteiger partial charge < -0.3 is 10.3 Å². The summed E-state index contributed by atoms with van der Waals surface area (Å²) in [7, 11) is 0. The van der Waals surface area contributed by atoms with Crippen LogP contribution in [0.5, 0.6) is 0 Å². The fourth-order valence-corrected chi connectivity index (χ4v) is 2.56. The number of amides is 1. The lowest BCUT2D eigenvalue weighted by Gasteiger charge is -2.07. The Labute approximate surface area is 141 Å². The Hall–Kier alpha value is -2.29. The molecule has 0 spiro atoms. The zero-order valence-electron chi connectivity index (χ0n) is 12.9. The highest BCUT2D eigenvalue weighted by atomic mass is 32.2. The summed E-state index contributed by atoms with van der Waals surface area (Å²) >= 11 is 0.180. The minimum absolute atomic E-state index is 0.104. The molecule has 0 unspecified atom stereocenters. The largest absolute Gasteiger partial charge is 0.352 e. The highest BCUT2D eigenvalue weighted by Gasteiger charge is 2.13. The van der Waals surface area contributed by atoms with Gasteiger partial charge in [0.1, 0.15) is 0 Å². The molecule has 0 bridgehead atoms. The number of halogens is 2. The van der Waals surface area contributed by atoms with Gasteiger partial charge in [-0.05, 0) is 36.7 Å². The molecule has 2 N–H and O–H groups in total. The highest BCUT2D eigenvalue weighted by molar-refractivity contribution is 7.99. The fraction of sp³-hybridized carbons (Fsp3) is 0.333. The summed E-state index contributed by atoms with van der Waals surface area (Å²) in [6.45, 7) is 1.91. The summed E-state index contributed by atoms with van der Waals surface area (Å²) in [6, 6.07) is 3.61. The van der Waals surface area contributed by atoms with Crippen LogP contribution in [0.4, 0.5) is 8.78 Å². The molecule has 0 aromatic carbocycles. The van der Waals surface area contributed by atoms with Crippen LogP contribution in [0.25, 0.3) is 0 Å². The van der Waals surface area contributed by atoms with Crippen molar-refractivity contribution in [2.75, 3.05) is 0 Å². The van der Waals surface area contributed by atoms with Crippen LogP contribution in [0.15, 0.2) is 34.5 Å². The Balaban J connectivity index is 1.91. The van der Waals surface area contributed by atoms with E-state index in [4.69, 9.17) is 0 Å². The van der Waals surface area contributed by atoms with Crippen LogP contribution < -0.4 is 10.9 Å². The van der Waals surface area contributed by atoms with Crippen molar-refractivity contribution >= 4 is 17.7 Å². The maximum atomic E-state index is 12.3. The third-order valence-electron chi connectivity index (χ3n) is 3.22. The minimum Gasteiger partial charge on any atom is -0.352 e. The van der Waals surface area contributed by atoms with Crippen LogP contribution in [-0.2, 0) is 17.8 Å². The summed E-state index contributed by atoms with van der Waals surface area (Å²) in [4.78, 5) is 34.0. The van der Waals surface area contributed by atoms with E-state index in [-0.39, 0.29) is 35.7 Å². The molecule has 1 amide bonds. The first-order valence-electron chi connectivity index (χ1n) is 7.16. The maximum absolute atomic E-state index is 12.3. The molecule has 0 atom stereocenters. The number of rotatable bonds is 7. The molecule has 2 rings (SSSR count). The molecule has 2 aromatic heterocycles. The van der Waals surface area contributed by atoms with E-state index in [2.05, 4.69) is 20.3 Å². The number of aromatic nitrogens is 3. The van der Waals surface area contributed by atoms with Crippen molar-refractivity contribution in [2.45, 2.75) is 37.2 Å². The number of carbonyl (C=O) groups excluding carboxylic acids is 1. The van der Waals surface area contributed by atoms with Crippen LogP contribution in [0.2, 0.25) is 0 Å². The van der Waals surface area contributed by atoms with E-state index in [1.165, 1.54) is 0 Å². The van der Waals surface area contributed by atoms with Gasteiger partial charge in [0.25, 0.3) is 11.3 Å². The number of nitrogens with one attached hydrogen (secondary N) is 2. The van der Waals surface area contributed by atoms with E-state index < -0.39 is 11.3 Å². The zero-order valence-corrected chi connectivity index (χ0v) is 13.7. The van der Waals surface area contributed by atoms with Gasteiger partial charge >= 0.3 is 0 Å². The predicted molar refractivity (Wildman–Crippen MR) is 85.9 cm³/mol. The number of H-pyrrole nitrogens is 1. The van der Waals surface area contributed by atoms with Gasteiger partial charge in [0.05, 0.1) is 0 Å². The maximum Gasteiger partial charge on any atom is 0.291 e. The third-order valence-corrected chi connectivity index (χ3v) is 3.81. The van der Waals surface area contributed by atoms with Crippen LogP contribution in [0.3, 0.4) is 0 Å². The number of carbonyl (C=O) groups is 1. The van der Waals surface area contributed by atoms with E-state index in [1.807, 2.05) is 6.07 Å². The molecule has 0 aliphatic rings. The average Bonchev–Trinajstić information content (AvgIpc) is 2.52. The van der Waals surface area contributed by atoms with Crippen LogP contribution >= 0.6 is 11.8 Å². The molecule has 0 aliphatic carbocycles. The monoisotopic (exact) mass is 354 g/mol. The smallest absolute Gasteiger partial charge is 0.291 e. The van der Waals surface area contributed by atoms with Gasteiger partial charge in [0.2, 0.25) is 5.91 Å². The first-order valence-corrected chi connectivity index (χ1v) is 8.04. The summed E-state index contributed by atoms with van der Waals surface area (Å²) in [5.41, 5.74) is 1.05. The molecule has 2 heterocycles. The lowest BCUT2D eigenvalue weighted by Crippen LogP contribution is -2.25. The molecule has 128 valence electrons. The molecule has 0 fully saturated rings. The topological polar surface area (TPSA) is 87.7 Å². The average molecular weight is 354 g/mol. The first kappa shape index (κ1) is 18.1. The fourth-order valence-electron chi connectivity index (χ4n) is 2.05. The van der Waals surface area contributed by atoms with Crippen LogP contribution in [0, 0.1) is 6.92 Å². The van der Waals surface area contributed by atoms with Gasteiger partial charge in [-0.1, -0.05) is 6.07 Å². The molecule has 24 heavy (non-hydrogen) atoms. The second-order valence-electron chi connectivity index (χ2n) is 4.95. The Bertz CT molecular complexity index is 753. The van der Waals surface area contributed by atoms with Crippen molar-refractivity contribution < 1.29 is 13.6 Å². The number of pyridine rings is 1. The van der Waals surface area contributed by atoms with E-state index in [9.17, 15) is 18.4 Å². The van der Waals surface area contributed by atoms with Gasteiger partial charge in [-0.15, -0.1) is 0 Å². The predicted octanol–water partition coefficient (Wildman–Crippen LogP) is 2.04. The second kappa shape index (κ2) is 8.53. The Morgan fingerprint density at radius 2 is 2.25 bits per heavy atom. The molecule has 2 aromatic rings. The van der Waals surface area contributed by atoms with Crippen molar-refractivity contribution in [2.24, 2.45) is 0 Å². The number of hydrogen-bond acceptors (Lipinski definition) is 5. The molecule has 9 heteroatoms. The summed E-state index contributed by atoms with van der Waals surface area (Å²) in [5.74, 6) is -2.87. The van der Waals surface area contributed by atoms with Crippen molar-refractivity contribution in [1.82, 2.24) is 20.3 Å². The van der Waals surface area contributed by atoms with Crippen molar-refractivity contribution in [3.05, 3.63) is 51.7 Å². The normalized spacial score (nSPS) is 10.8. The number of alkyl halides is 2.